The second-order valence-electron chi connectivity index (χ2n) is 8.21. The number of carbonyl (C=O) groups is 1. The monoisotopic (exact) mass is 489 g/mol. The summed E-state index contributed by atoms with van der Waals surface area (Å²) >= 11 is 0. The topological polar surface area (TPSA) is 65.8 Å². The smallest absolute Gasteiger partial charge is 0.416 e. The number of halogens is 3. The maximum absolute atomic E-state index is 13.6. The van der Waals surface area contributed by atoms with Crippen molar-refractivity contribution >= 4 is 5.91 Å². The average Bonchev–Trinajstić information content (AvgIpc) is 3.53. The van der Waals surface area contributed by atoms with Gasteiger partial charge in [0, 0.05) is 19.7 Å². The molecule has 1 fully saturated rings. The van der Waals surface area contributed by atoms with E-state index in [4.69, 9.17) is 14.2 Å². The van der Waals surface area contributed by atoms with Crippen molar-refractivity contribution in [3.05, 3.63) is 71.5 Å². The number of nitrogens with zero attached hydrogens (tertiary/aromatic N) is 3. The minimum atomic E-state index is -4.50. The Labute approximate surface area is 201 Å². The summed E-state index contributed by atoms with van der Waals surface area (Å²) in [6, 6.07) is 12.1. The standard InChI is InChI=1S/C25H26F3N3O4/c1-33-20-9-3-6-17(12-20)14-30(15-21-10-5-11-35-21)24(32)23-22(34-2)16-31(29-23)19-8-4-7-18(13-19)25(26,27)28/h3-4,6-9,12-13,16,21H,5,10-11,14-15H2,1-2H3. The first-order valence-corrected chi connectivity index (χ1v) is 11.1. The number of amides is 1. The molecule has 186 valence electrons. The summed E-state index contributed by atoms with van der Waals surface area (Å²) in [6.07, 6.45) is -1.46. The largest absolute Gasteiger partial charge is 0.497 e. The minimum Gasteiger partial charge on any atom is -0.497 e. The van der Waals surface area contributed by atoms with E-state index >= 15 is 0 Å². The summed E-state index contributed by atoms with van der Waals surface area (Å²) < 4.78 is 57.2. The minimum absolute atomic E-state index is 0.00537. The molecule has 10 heteroatoms. The molecule has 1 aromatic heterocycles. The zero-order valence-electron chi connectivity index (χ0n) is 19.4. The molecule has 1 aliphatic rings. The maximum Gasteiger partial charge on any atom is 0.416 e. The van der Waals surface area contributed by atoms with Crippen molar-refractivity contribution in [3.8, 4) is 17.2 Å². The summed E-state index contributed by atoms with van der Waals surface area (Å²) in [4.78, 5) is 15.3. The molecule has 1 saturated heterocycles. The van der Waals surface area contributed by atoms with E-state index < -0.39 is 17.6 Å². The predicted octanol–water partition coefficient (Wildman–Crippen LogP) is 4.73. The van der Waals surface area contributed by atoms with Crippen molar-refractivity contribution < 1.29 is 32.2 Å². The molecule has 1 aliphatic heterocycles. The van der Waals surface area contributed by atoms with Gasteiger partial charge in [-0.1, -0.05) is 18.2 Å². The lowest BCUT2D eigenvalue weighted by Gasteiger charge is -2.25. The summed E-state index contributed by atoms with van der Waals surface area (Å²) in [5.74, 6) is 0.416. The van der Waals surface area contributed by atoms with E-state index in [1.807, 2.05) is 24.3 Å². The lowest BCUT2D eigenvalue weighted by molar-refractivity contribution is -0.137. The molecule has 4 rings (SSSR count). The predicted molar refractivity (Wildman–Crippen MR) is 122 cm³/mol. The van der Waals surface area contributed by atoms with Crippen LogP contribution in [-0.2, 0) is 17.5 Å². The Balaban J connectivity index is 1.66. The third kappa shape index (κ3) is 5.76. The number of rotatable bonds is 8. The first-order chi connectivity index (χ1) is 16.8. The number of carbonyl (C=O) groups excluding carboxylic acids is 1. The summed E-state index contributed by atoms with van der Waals surface area (Å²) in [7, 11) is 2.95. The van der Waals surface area contributed by atoms with Crippen LogP contribution in [0.25, 0.3) is 5.69 Å². The lowest BCUT2D eigenvalue weighted by atomic mass is 10.1. The van der Waals surface area contributed by atoms with E-state index in [1.54, 1.807) is 12.0 Å². The Morgan fingerprint density at radius 2 is 1.97 bits per heavy atom. The van der Waals surface area contributed by atoms with E-state index in [9.17, 15) is 18.0 Å². The molecule has 3 aromatic rings. The summed E-state index contributed by atoms with van der Waals surface area (Å²) in [6.45, 7) is 1.25. The van der Waals surface area contributed by atoms with E-state index in [2.05, 4.69) is 5.10 Å². The van der Waals surface area contributed by atoms with Gasteiger partial charge < -0.3 is 19.1 Å². The van der Waals surface area contributed by atoms with Crippen molar-refractivity contribution in [1.82, 2.24) is 14.7 Å². The van der Waals surface area contributed by atoms with Crippen LogP contribution < -0.4 is 9.47 Å². The summed E-state index contributed by atoms with van der Waals surface area (Å²) in [5.41, 5.74) is 0.212. The fraction of sp³-hybridized carbons (Fsp3) is 0.360. The van der Waals surface area contributed by atoms with Gasteiger partial charge in [0.05, 0.1) is 37.8 Å². The number of ether oxygens (including phenoxy) is 3. The molecule has 1 atom stereocenters. The van der Waals surface area contributed by atoms with Gasteiger partial charge in [0.2, 0.25) is 0 Å². The van der Waals surface area contributed by atoms with Crippen LogP contribution in [0.15, 0.2) is 54.7 Å². The van der Waals surface area contributed by atoms with Crippen LogP contribution in [0.2, 0.25) is 0 Å². The number of hydrogen-bond acceptors (Lipinski definition) is 5. The third-order valence-electron chi connectivity index (χ3n) is 5.78. The first-order valence-electron chi connectivity index (χ1n) is 11.1. The molecule has 1 unspecified atom stereocenters. The van der Waals surface area contributed by atoms with Crippen molar-refractivity contribution in [1.29, 1.82) is 0 Å². The van der Waals surface area contributed by atoms with Crippen molar-refractivity contribution in [2.24, 2.45) is 0 Å². The van der Waals surface area contributed by atoms with Crippen LogP contribution >= 0.6 is 0 Å². The van der Waals surface area contributed by atoms with Gasteiger partial charge in [0.1, 0.15) is 5.75 Å². The van der Waals surface area contributed by atoms with Crippen LogP contribution in [0.3, 0.4) is 0 Å². The lowest BCUT2D eigenvalue weighted by Crippen LogP contribution is -2.37. The molecule has 0 N–H and O–H groups in total. The average molecular weight is 489 g/mol. The molecular weight excluding hydrogens is 463 g/mol. The second-order valence-corrected chi connectivity index (χ2v) is 8.21. The Morgan fingerprint density at radius 1 is 1.17 bits per heavy atom. The maximum atomic E-state index is 13.6. The molecule has 0 saturated carbocycles. The molecule has 0 spiro atoms. The zero-order chi connectivity index (χ0) is 25.0. The SMILES string of the molecule is COc1cccc(CN(CC2CCCO2)C(=O)c2nn(-c3cccc(C(F)(F)F)c3)cc2OC)c1. The van der Waals surface area contributed by atoms with Gasteiger partial charge in [-0.05, 0) is 48.7 Å². The first kappa shape index (κ1) is 24.6. The molecule has 1 amide bonds. The van der Waals surface area contributed by atoms with Gasteiger partial charge in [-0.25, -0.2) is 4.68 Å². The fourth-order valence-electron chi connectivity index (χ4n) is 4.01. The van der Waals surface area contributed by atoms with E-state index in [0.717, 1.165) is 30.5 Å². The normalized spacial score (nSPS) is 15.7. The van der Waals surface area contributed by atoms with Crippen molar-refractivity contribution in [2.45, 2.75) is 31.7 Å². The van der Waals surface area contributed by atoms with Gasteiger partial charge in [-0.3, -0.25) is 4.79 Å². The number of benzene rings is 2. The molecule has 2 heterocycles. The van der Waals surface area contributed by atoms with Gasteiger partial charge in [0.15, 0.2) is 11.4 Å². The van der Waals surface area contributed by atoms with E-state index in [-0.39, 0.29) is 29.8 Å². The molecule has 0 aliphatic carbocycles. The van der Waals surface area contributed by atoms with Gasteiger partial charge in [0.25, 0.3) is 5.91 Å². The highest BCUT2D eigenvalue weighted by molar-refractivity contribution is 5.95. The highest BCUT2D eigenvalue weighted by Gasteiger charge is 2.31. The highest BCUT2D eigenvalue weighted by atomic mass is 19.4. The third-order valence-corrected chi connectivity index (χ3v) is 5.78. The number of methoxy groups -OCH3 is 2. The fourth-order valence-corrected chi connectivity index (χ4v) is 4.01. The molecule has 2 aromatic carbocycles. The quantitative estimate of drug-likeness (QED) is 0.458. The molecule has 7 nitrogen and oxygen atoms in total. The van der Waals surface area contributed by atoms with Crippen LogP contribution in [-0.4, -0.2) is 54.1 Å². The van der Waals surface area contributed by atoms with Crippen LogP contribution in [0.5, 0.6) is 11.5 Å². The van der Waals surface area contributed by atoms with E-state index in [0.29, 0.717) is 18.9 Å². The van der Waals surface area contributed by atoms with Crippen molar-refractivity contribution in [3.63, 3.8) is 0 Å². The molecule has 0 radical (unpaired) electrons. The molecule has 0 bridgehead atoms. The van der Waals surface area contributed by atoms with Crippen LogP contribution in [0, 0.1) is 0 Å². The van der Waals surface area contributed by atoms with Gasteiger partial charge in [-0.15, -0.1) is 0 Å². The van der Waals surface area contributed by atoms with Crippen LogP contribution in [0.1, 0.15) is 34.5 Å². The number of alkyl halides is 3. The number of hydrogen-bond donors (Lipinski definition) is 0. The van der Waals surface area contributed by atoms with Crippen LogP contribution in [0.4, 0.5) is 13.2 Å². The zero-order valence-corrected chi connectivity index (χ0v) is 19.4. The van der Waals surface area contributed by atoms with Gasteiger partial charge >= 0.3 is 6.18 Å². The second kappa shape index (κ2) is 10.4. The molecular formula is C25H26F3N3O4. The molecule has 35 heavy (non-hydrogen) atoms. The Bertz CT molecular complexity index is 1170. The number of aromatic nitrogens is 2. The van der Waals surface area contributed by atoms with Gasteiger partial charge in [-0.2, -0.15) is 18.3 Å². The Kier molecular flexibility index (Phi) is 7.30. The van der Waals surface area contributed by atoms with Crippen molar-refractivity contribution in [2.75, 3.05) is 27.4 Å². The highest BCUT2D eigenvalue weighted by Crippen LogP contribution is 2.31. The van der Waals surface area contributed by atoms with E-state index in [1.165, 1.54) is 30.1 Å². The summed E-state index contributed by atoms with van der Waals surface area (Å²) in [5, 5.41) is 4.31. The Morgan fingerprint density at radius 3 is 2.66 bits per heavy atom. The Hall–Kier alpha value is -3.53.